The molecule has 0 saturated heterocycles. The van der Waals surface area contributed by atoms with Crippen LogP contribution in [0.25, 0.3) is 0 Å². The zero-order valence-electron chi connectivity index (χ0n) is 11.6. The second-order valence-electron chi connectivity index (χ2n) is 4.35. The van der Waals surface area contributed by atoms with Crippen molar-refractivity contribution >= 4 is 5.91 Å². The molecular formula is C15H18N2O3. The first-order valence-corrected chi connectivity index (χ1v) is 6.39. The highest BCUT2D eigenvalue weighted by molar-refractivity contribution is 5.80. The molecule has 0 bridgehead atoms. The minimum atomic E-state index is -0.557. The Morgan fingerprint density at radius 3 is 2.55 bits per heavy atom. The highest BCUT2D eigenvalue weighted by Gasteiger charge is 2.14. The normalized spacial score (nSPS) is 11.7. The van der Waals surface area contributed by atoms with E-state index >= 15 is 0 Å². The highest BCUT2D eigenvalue weighted by Crippen LogP contribution is 2.18. The number of methoxy groups -OCH3 is 1. The second kappa shape index (κ2) is 6.65. The van der Waals surface area contributed by atoms with Crippen LogP contribution in [-0.2, 0) is 11.3 Å². The molecule has 1 unspecified atom stereocenters. The lowest BCUT2D eigenvalue weighted by atomic mass is 10.3. The van der Waals surface area contributed by atoms with Crippen molar-refractivity contribution in [1.82, 2.24) is 10.3 Å². The van der Waals surface area contributed by atoms with Crippen LogP contribution in [0.15, 0.2) is 42.6 Å². The zero-order valence-corrected chi connectivity index (χ0v) is 11.6. The van der Waals surface area contributed by atoms with Gasteiger partial charge in [-0.1, -0.05) is 0 Å². The van der Waals surface area contributed by atoms with Crippen LogP contribution in [0.5, 0.6) is 11.5 Å². The molecule has 2 rings (SSSR count). The number of H-pyrrole nitrogens is 1. The third-order valence-corrected chi connectivity index (χ3v) is 2.86. The van der Waals surface area contributed by atoms with Crippen LogP contribution >= 0.6 is 0 Å². The first-order chi connectivity index (χ1) is 9.69. The monoisotopic (exact) mass is 274 g/mol. The summed E-state index contributed by atoms with van der Waals surface area (Å²) in [4.78, 5) is 14.9. The van der Waals surface area contributed by atoms with Gasteiger partial charge in [0.15, 0.2) is 6.10 Å². The number of amides is 1. The number of benzene rings is 1. The molecular weight excluding hydrogens is 256 g/mol. The van der Waals surface area contributed by atoms with Crippen molar-refractivity contribution in [1.29, 1.82) is 0 Å². The lowest BCUT2D eigenvalue weighted by molar-refractivity contribution is -0.127. The quantitative estimate of drug-likeness (QED) is 0.848. The number of aromatic nitrogens is 1. The predicted molar refractivity (Wildman–Crippen MR) is 75.7 cm³/mol. The Balaban J connectivity index is 1.83. The van der Waals surface area contributed by atoms with Crippen molar-refractivity contribution in [2.75, 3.05) is 7.11 Å². The van der Waals surface area contributed by atoms with Crippen LogP contribution in [-0.4, -0.2) is 24.1 Å². The summed E-state index contributed by atoms with van der Waals surface area (Å²) in [6, 6.07) is 10.9. The number of nitrogens with one attached hydrogen (secondary N) is 2. The molecule has 1 aromatic carbocycles. The van der Waals surface area contributed by atoms with E-state index in [2.05, 4.69) is 10.3 Å². The van der Waals surface area contributed by atoms with Gasteiger partial charge in [-0.2, -0.15) is 0 Å². The van der Waals surface area contributed by atoms with Crippen molar-refractivity contribution in [2.45, 2.75) is 19.6 Å². The summed E-state index contributed by atoms with van der Waals surface area (Å²) in [5, 5.41) is 2.81. The first-order valence-electron chi connectivity index (χ1n) is 6.39. The van der Waals surface area contributed by atoms with Gasteiger partial charge in [-0.05, 0) is 43.3 Å². The third kappa shape index (κ3) is 3.78. The van der Waals surface area contributed by atoms with Crippen molar-refractivity contribution < 1.29 is 14.3 Å². The van der Waals surface area contributed by atoms with Gasteiger partial charge in [-0.25, -0.2) is 0 Å². The molecule has 0 fully saturated rings. The Morgan fingerprint density at radius 2 is 1.95 bits per heavy atom. The number of hydrogen-bond acceptors (Lipinski definition) is 3. The van der Waals surface area contributed by atoms with E-state index in [0.717, 1.165) is 11.4 Å². The molecule has 1 atom stereocenters. The Kier molecular flexibility index (Phi) is 4.65. The summed E-state index contributed by atoms with van der Waals surface area (Å²) in [5.41, 5.74) is 0.954. The maximum Gasteiger partial charge on any atom is 0.261 e. The van der Waals surface area contributed by atoms with Gasteiger partial charge in [0.1, 0.15) is 11.5 Å². The van der Waals surface area contributed by atoms with Crippen LogP contribution in [0.1, 0.15) is 12.6 Å². The second-order valence-corrected chi connectivity index (χ2v) is 4.35. The van der Waals surface area contributed by atoms with Crippen molar-refractivity contribution in [2.24, 2.45) is 0 Å². The number of aromatic amines is 1. The smallest absolute Gasteiger partial charge is 0.261 e. The lowest BCUT2D eigenvalue weighted by Crippen LogP contribution is -2.35. The fraction of sp³-hybridized carbons (Fsp3) is 0.267. The summed E-state index contributed by atoms with van der Waals surface area (Å²) in [7, 11) is 1.60. The zero-order chi connectivity index (χ0) is 14.4. The van der Waals surface area contributed by atoms with Gasteiger partial charge < -0.3 is 19.8 Å². The fourth-order valence-corrected chi connectivity index (χ4v) is 1.72. The molecule has 0 aliphatic heterocycles. The van der Waals surface area contributed by atoms with Crippen molar-refractivity contribution in [3.05, 3.63) is 48.3 Å². The molecule has 0 radical (unpaired) electrons. The van der Waals surface area contributed by atoms with Gasteiger partial charge in [0.05, 0.1) is 13.7 Å². The van der Waals surface area contributed by atoms with Gasteiger partial charge >= 0.3 is 0 Å². The van der Waals surface area contributed by atoms with E-state index < -0.39 is 6.10 Å². The van der Waals surface area contributed by atoms with E-state index in [4.69, 9.17) is 9.47 Å². The molecule has 0 saturated carbocycles. The summed E-state index contributed by atoms with van der Waals surface area (Å²) in [6.07, 6.45) is 1.26. The maximum atomic E-state index is 11.9. The number of ether oxygens (including phenoxy) is 2. The third-order valence-electron chi connectivity index (χ3n) is 2.86. The molecule has 5 nitrogen and oxygen atoms in total. The largest absolute Gasteiger partial charge is 0.497 e. The predicted octanol–water partition coefficient (Wildman–Crippen LogP) is 2.11. The Morgan fingerprint density at radius 1 is 1.25 bits per heavy atom. The lowest BCUT2D eigenvalue weighted by Gasteiger charge is -2.14. The topological polar surface area (TPSA) is 63.4 Å². The van der Waals surface area contributed by atoms with Gasteiger partial charge in [0, 0.05) is 11.9 Å². The summed E-state index contributed by atoms with van der Waals surface area (Å²) in [5.74, 6) is 1.23. The van der Waals surface area contributed by atoms with E-state index in [1.165, 1.54) is 0 Å². The minimum Gasteiger partial charge on any atom is -0.497 e. The van der Waals surface area contributed by atoms with Gasteiger partial charge in [0.25, 0.3) is 5.91 Å². The number of hydrogen-bond donors (Lipinski definition) is 2. The van der Waals surface area contributed by atoms with E-state index in [1.54, 1.807) is 38.3 Å². The molecule has 106 valence electrons. The number of rotatable bonds is 6. The van der Waals surface area contributed by atoms with E-state index in [1.807, 2.05) is 18.3 Å². The Labute approximate surface area is 117 Å². The summed E-state index contributed by atoms with van der Waals surface area (Å²) >= 11 is 0. The highest BCUT2D eigenvalue weighted by atomic mass is 16.5. The molecule has 0 spiro atoms. The molecule has 0 aliphatic carbocycles. The fourth-order valence-electron chi connectivity index (χ4n) is 1.72. The Hall–Kier alpha value is -2.43. The van der Waals surface area contributed by atoms with Crippen molar-refractivity contribution in [3.8, 4) is 11.5 Å². The molecule has 5 heteroatoms. The van der Waals surface area contributed by atoms with Gasteiger partial charge in [-0.15, -0.1) is 0 Å². The van der Waals surface area contributed by atoms with Crippen molar-refractivity contribution in [3.63, 3.8) is 0 Å². The van der Waals surface area contributed by atoms with Crippen LogP contribution in [0.4, 0.5) is 0 Å². The van der Waals surface area contributed by atoms with Crippen LogP contribution < -0.4 is 14.8 Å². The average molecular weight is 274 g/mol. The van der Waals surface area contributed by atoms with Crippen LogP contribution in [0.2, 0.25) is 0 Å². The van der Waals surface area contributed by atoms with E-state index in [9.17, 15) is 4.79 Å². The number of carbonyl (C=O) groups excluding carboxylic acids is 1. The Bertz CT molecular complexity index is 535. The standard InChI is InChI=1S/C15H18N2O3/c1-11(15(18)17-10-12-4-3-9-16-12)20-14-7-5-13(19-2)6-8-14/h3-9,11,16H,10H2,1-2H3,(H,17,18). The summed E-state index contributed by atoms with van der Waals surface area (Å²) in [6.45, 7) is 2.18. The first kappa shape index (κ1) is 14.0. The van der Waals surface area contributed by atoms with E-state index in [-0.39, 0.29) is 5.91 Å². The molecule has 2 N–H and O–H groups in total. The van der Waals surface area contributed by atoms with Crippen LogP contribution in [0.3, 0.4) is 0 Å². The number of carbonyl (C=O) groups is 1. The van der Waals surface area contributed by atoms with Gasteiger partial charge in [0.2, 0.25) is 0 Å². The summed E-state index contributed by atoms with van der Waals surface area (Å²) < 4.78 is 10.6. The van der Waals surface area contributed by atoms with E-state index in [0.29, 0.717) is 12.3 Å². The molecule has 1 heterocycles. The average Bonchev–Trinajstić information content (AvgIpc) is 2.98. The molecule has 0 aliphatic rings. The molecule has 2 aromatic rings. The van der Waals surface area contributed by atoms with Gasteiger partial charge in [-0.3, -0.25) is 4.79 Å². The SMILES string of the molecule is COc1ccc(OC(C)C(=O)NCc2ccc[nH]2)cc1. The minimum absolute atomic E-state index is 0.157. The maximum absolute atomic E-state index is 11.9. The van der Waals surface area contributed by atoms with Crippen LogP contribution in [0, 0.1) is 0 Å². The molecule has 20 heavy (non-hydrogen) atoms. The molecule has 1 aromatic heterocycles. The molecule has 1 amide bonds.